The number of esters is 2. The normalized spacial score (nSPS) is 31.4. The molecule has 4 N–H and O–H groups in total. The number of ether oxygens (including phenoxy) is 3. The van der Waals surface area contributed by atoms with Gasteiger partial charge in [-0.05, 0) is 45.0 Å². The number of piperidine rings is 1. The number of aliphatic carboxylic acids is 1. The average molecular weight is 504 g/mol. The number of nitrogens with zero attached hydrogens (tertiary/aromatic N) is 1. The van der Waals surface area contributed by atoms with Crippen molar-refractivity contribution in [3.63, 3.8) is 0 Å². The molecule has 0 aromatic heterocycles. The molecule has 1 spiro atoms. The van der Waals surface area contributed by atoms with Gasteiger partial charge in [0.05, 0.1) is 24.0 Å². The Kier molecular flexibility index (Phi) is 5.86. The molecule has 1 aromatic rings. The van der Waals surface area contributed by atoms with Crippen LogP contribution in [0.15, 0.2) is 24.0 Å². The summed E-state index contributed by atoms with van der Waals surface area (Å²) < 4.78 is 16.5. The number of likely N-dealkylation sites (tertiary alicyclic amines) is 1. The van der Waals surface area contributed by atoms with Gasteiger partial charge in [-0.15, -0.1) is 0 Å². The van der Waals surface area contributed by atoms with E-state index in [2.05, 4.69) is 9.64 Å². The van der Waals surface area contributed by atoms with Crippen molar-refractivity contribution >= 4 is 17.9 Å². The molecule has 11 heteroatoms. The molecule has 2 heterocycles. The largest absolute Gasteiger partial charge is 0.481 e. The summed E-state index contributed by atoms with van der Waals surface area (Å²) in [5.41, 5.74) is 0.358. The van der Waals surface area contributed by atoms with Gasteiger partial charge < -0.3 is 39.5 Å². The zero-order chi connectivity index (χ0) is 26.0. The van der Waals surface area contributed by atoms with Crippen LogP contribution in [0.3, 0.4) is 0 Å². The molecule has 4 aliphatic rings. The number of carboxylic acid groups (broad SMARTS) is 1. The highest BCUT2D eigenvalue weighted by molar-refractivity contribution is 5.84. The minimum atomic E-state index is -1.91. The standard InChI is InChI=1S/C25H29NO10/c1-12(22(30)31)34-23(32)15(28)10-18(29)35-16-5-6-25(33)17-9-13-3-4-14(11-27)20-19(13)24(25,21(16)36-20)7-8-26(17)2/h3-5,12,15,17,21,27-28,33H,6-11H2,1-2H3,(H,30,31)/t12-,15-,17+,21-,24-,25+/m0/s1. The first kappa shape index (κ1) is 24.7. The summed E-state index contributed by atoms with van der Waals surface area (Å²) in [6.07, 6.45) is -2.02. The molecule has 0 unspecified atom stereocenters. The summed E-state index contributed by atoms with van der Waals surface area (Å²) in [7, 11) is 1.97. The molecule has 11 nitrogen and oxygen atoms in total. The van der Waals surface area contributed by atoms with Crippen molar-refractivity contribution in [1.82, 2.24) is 4.90 Å². The van der Waals surface area contributed by atoms with Gasteiger partial charge in [0, 0.05) is 23.6 Å². The molecule has 1 saturated heterocycles. The minimum absolute atomic E-state index is 0.167. The second-order valence-corrected chi connectivity index (χ2v) is 10.0. The number of aliphatic hydroxyl groups is 3. The summed E-state index contributed by atoms with van der Waals surface area (Å²) >= 11 is 0. The van der Waals surface area contributed by atoms with Crippen LogP contribution in [-0.4, -0.2) is 86.8 Å². The predicted molar refractivity (Wildman–Crippen MR) is 121 cm³/mol. The van der Waals surface area contributed by atoms with Crippen LogP contribution in [0.25, 0.3) is 0 Å². The van der Waals surface area contributed by atoms with Crippen LogP contribution in [0.5, 0.6) is 5.75 Å². The van der Waals surface area contributed by atoms with Crippen molar-refractivity contribution in [3.05, 3.63) is 40.7 Å². The fourth-order valence-corrected chi connectivity index (χ4v) is 6.35. The highest BCUT2D eigenvalue weighted by Crippen LogP contribution is 2.64. The van der Waals surface area contributed by atoms with E-state index < -0.39 is 53.7 Å². The predicted octanol–water partition coefficient (Wildman–Crippen LogP) is -0.233. The molecule has 194 valence electrons. The number of rotatable bonds is 7. The van der Waals surface area contributed by atoms with Gasteiger partial charge in [0.2, 0.25) is 0 Å². The lowest BCUT2D eigenvalue weighted by Gasteiger charge is -2.61. The maximum atomic E-state index is 12.7. The summed E-state index contributed by atoms with van der Waals surface area (Å²) in [5, 5.41) is 41.0. The maximum Gasteiger partial charge on any atom is 0.344 e. The molecule has 36 heavy (non-hydrogen) atoms. The zero-order valence-electron chi connectivity index (χ0n) is 20.0. The monoisotopic (exact) mass is 503 g/mol. The average Bonchev–Trinajstić information content (AvgIpc) is 3.18. The second-order valence-electron chi connectivity index (χ2n) is 10.0. The van der Waals surface area contributed by atoms with Crippen molar-refractivity contribution < 1.29 is 49.0 Å². The van der Waals surface area contributed by atoms with Crippen LogP contribution in [0, 0.1) is 0 Å². The van der Waals surface area contributed by atoms with Gasteiger partial charge in [0.15, 0.2) is 18.3 Å². The Balaban J connectivity index is 1.43. The third-order valence-electron chi connectivity index (χ3n) is 8.13. The van der Waals surface area contributed by atoms with Crippen LogP contribution in [0.2, 0.25) is 0 Å². The van der Waals surface area contributed by atoms with E-state index in [4.69, 9.17) is 14.6 Å². The highest BCUT2D eigenvalue weighted by atomic mass is 16.6. The molecule has 1 fully saturated rings. The molecule has 0 radical (unpaired) electrons. The van der Waals surface area contributed by atoms with E-state index in [1.54, 1.807) is 12.1 Å². The Hall–Kier alpha value is -2.99. The van der Waals surface area contributed by atoms with Crippen LogP contribution in [0.1, 0.15) is 42.9 Å². The van der Waals surface area contributed by atoms with E-state index in [1.165, 1.54) is 0 Å². The van der Waals surface area contributed by atoms with E-state index in [0.29, 0.717) is 30.7 Å². The Labute approximate surface area is 206 Å². The van der Waals surface area contributed by atoms with Gasteiger partial charge in [-0.1, -0.05) is 12.1 Å². The van der Waals surface area contributed by atoms with Crippen molar-refractivity contribution in [1.29, 1.82) is 0 Å². The topological polar surface area (TPSA) is 163 Å². The number of aliphatic hydroxyl groups excluding tert-OH is 2. The van der Waals surface area contributed by atoms with Crippen molar-refractivity contribution in [2.45, 2.75) is 74.6 Å². The van der Waals surface area contributed by atoms with Crippen LogP contribution in [0.4, 0.5) is 0 Å². The van der Waals surface area contributed by atoms with Crippen LogP contribution >= 0.6 is 0 Å². The summed E-state index contributed by atoms with van der Waals surface area (Å²) in [6, 6.07) is 3.57. The lowest BCUT2D eigenvalue weighted by Crippen LogP contribution is -2.74. The quantitative estimate of drug-likeness (QED) is 0.363. The minimum Gasteiger partial charge on any atom is -0.481 e. The number of hydrogen-bond donors (Lipinski definition) is 4. The fourth-order valence-electron chi connectivity index (χ4n) is 6.35. The molecule has 6 atom stereocenters. The SMILES string of the molecule is C[C@H](OC(=O)[C@@H](O)CC(=O)OC1=CC[C@@]2(O)[C@H]3Cc4ccc(CO)c5c4[C@@]2(CCN3C)[C@H]1O5)C(=O)O. The molecule has 2 bridgehead atoms. The number of benzene rings is 1. The van der Waals surface area contributed by atoms with Crippen molar-refractivity contribution in [2.24, 2.45) is 0 Å². The number of hydrogen-bond acceptors (Lipinski definition) is 10. The molecule has 5 rings (SSSR count). The third-order valence-corrected chi connectivity index (χ3v) is 8.13. The van der Waals surface area contributed by atoms with Crippen molar-refractivity contribution in [3.8, 4) is 5.75 Å². The number of carbonyl (C=O) groups excluding carboxylic acids is 2. The second kappa shape index (κ2) is 8.55. The Bertz CT molecular complexity index is 1160. The van der Waals surface area contributed by atoms with E-state index in [-0.39, 0.29) is 24.8 Å². The summed E-state index contributed by atoms with van der Waals surface area (Å²) in [6.45, 7) is 1.55. The fraction of sp³-hybridized carbons (Fsp3) is 0.560. The van der Waals surface area contributed by atoms with E-state index in [1.807, 2.05) is 13.1 Å². The maximum absolute atomic E-state index is 12.7. The molecule has 2 aliphatic carbocycles. The van der Waals surface area contributed by atoms with Gasteiger partial charge in [0.25, 0.3) is 0 Å². The van der Waals surface area contributed by atoms with Crippen molar-refractivity contribution in [2.75, 3.05) is 13.6 Å². The smallest absolute Gasteiger partial charge is 0.344 e. The lowest BCUT2D eigenvalue weighted by molar-refractivity contribution is -0.173. The number of carbonyl (C=O) groups is 3. The molecule has 2 aliphatic heterocycles. The summed E-state index contributed by atoms with van der Waals surface area (Å²) in [4.78, 5) is 37.6. The number of likely N-dealkylation sites (N-methyl/N-ethyl adjacent to an activating group) is 1. The van der Waals surface area contributed by atoms with Gasteiger partial charge in [-0.2, -0.15) is 0 Å². The lowest BCUT2D eigenvalue weighted by atomic mass is 9.50. The zero-order valence-corrected chi connectivity index (χ0v) is 20.0. The first-order chi connectivity index (χ1) is 17.0. The highest BCUT2D eigenvalue weighted by Gasteiger charge is 2.71. The first-order valence-electron chi connectivity index (χ1n) is 11.9. The van der Waals surface area contributed by atoms with Crippen LogP contribution in [-0.2, 0) is 42.3 Å². The van der Waals surface area contributed by atoms with Crippen LogP contribution < -0.4 is 4.74 Å². The Morgan fingerprint density at radius 1 is 1.31 bits per heavy atom. The number of carboxylic acids is 1. The molecular weight excluding hydrogens is 474 g/mol. The van der Waals surface area contributed by atoms with Gasteiger partial charge >= 0.3 is 17.9 Å². The molecular formula is C25H29NO10. The summed E-state index contributed by atoms with van der Waals surface area (Å²) in [5.74, 6) is -2.91. The van der Waals surface area contributed by atoms with E-state index in [0.717, 1.165) is 18.1 Å². The molecule has 0 amide bonds. The van der Waals surface area contributed by atoms with E-state index >= 15 is 0 Å². The third kappa shape index (κ3) is 3.37. The van der Waals surface area contributed by atoms with Gasteiger partial charge in [-0.25, -0.2) is 9.59 Å². The Morgan fingerprint density at radius 3 is 2.75 bits per heavy atom. The van der Waals surface area contributed by atoms with E-state index in [9.17, 15) is 29.7 Å². The molecule has 0 saturated carbocycles. The van der Waals surface area contributed by atoms with Gasteiger partial charge in [-0.3, -0.25) is 4.79 Å². The molecule has 1 aromatic carbocycles. The van der Waals surface area contributed by atoms with Gasteiger partial charge in [0.1, 0.15) is 11.5 Å². The Morgan fingerprint density at radius 2 is 2.06 bits per heavy atom. The first-order valence-corrected chi connectivity index (χ1v) is 11.9.